The van der Waals surface area contributed by atoms with Crippen molar-refractivity contribution in [3.8, 4) is 28.8 Å². The highest BCUT2D eigenvalue weighted by Gasteiger charge is 2.29. The second-order valence-electron chi connectivity index (χ2n) is 7.33. The first-order valence-electron chi connectivity index (χ1n) is 10.1. The smallest absolute Gasteiger partial charge is 0.422 e. The Hall–Kier alpha value is -4.18. The number of halogens is 3. The first kappa shape index (κ1) is 24.0. The summed E-state index contributed by atoms with van der Waals surface area (Å²) in [5, 5.41) is 13.1. The number of hydrogen-bond acceptors (Lipinski definition) is 7. The van der Waals surface area contributed by atoms with E-state index < -0.39 is 28.3 Å². The molecule has 0 aliphatic heterocycles. The monoisotopic (exact) mass is 503 g/mol. The van der Waals surface area contributed by atoms with Crippen LogP contribution in [-0.4, -0.2) is 46.1 Å². The van der Waals surface area contributed by atoms with Crippen molar-refractivity contribution >= 4 is 15.5 Å². The molecule has 0 bridgehead atoms. The summed E-state index contributed by atoms with van der Waals surface area (Å²) in [6.45, 7) is -0.108. The van der Waals surface area contributed by atoms with Gasteiger partial charge in [0.05, 0.1) is 23.6 Å². The van der Waals surface area contributed by atoms with Gasteiger partial charge in [-0.3, -0.25) is 0 Å². The minimum atomic E-state index is -4.56. The molecule has 3 aromatic heterocycles. The van der Waals surface area contributed by atoms with Gasteiger partial charge in [0.25, 0.3) is 0 Å². The van der Waals surface area contributed by atoms with Crippen molar-refractivity contribution in [2.75, 3.05) is 12.4 Å². The number of alkyl halides is 3. The van der Waals surface area contributed by atoms with Gasteiger partial charge in [-0.05, 0) is 35.9 Å². The summed E-state index contributed by atoms with van der Waals surface area (Å²) in [4.78, 5) is 16.9. The molecule has 0 saturated carbocycles. The molecule has 13 heteroatoms. The Morgan fingerprint density at radius 2 is 1.83 bits per heavy atom. The van der Waals surface area contributed by atoms with Crippen LogP contribution in [-0.2, 0) is 9.84 Å². The number of aromatic nitrogens is 4. The van der Waals surface area contributed by atoms with Gasteiger partial charge in [-0.15, -0.1) is 5.10 Å². The molecule has 180 valence electrons. The third-order valence-corrected chi connectivity index (χ3v) is 6.72. The molecule has 0 spiro atoms. The topological polar surface area (TPSA) is 119 Å². The summed E-state index contributed by atoms with van der Waals surface area (Å²) < 4.78 is 69.5. The highest BCUT2D eigenvalue weighted by atomic mass is 32.2. The average molecular weight is 503 g/mol. The van der Waals surface area contributed by atoms with E-state index in [9.17, 15) is 26.4 Å². The van der Waals surface area contributed by atoms with E-state index in [1.165, 1.54) is 31.3 Å². The molecule has 0 amide bonds. The van der Waals surface area contributed by atoms with Crippen molar-refractivity contribution in [3.05, 3.63) is 70.9 Å². The quantitative estimate of drug-likeness (QED) is 0.396. The lowest BCUT2D eigenvalue weighted by Crippen LogP contribution is -2.23. The zero-order valence-corrected chi connectivity index (χ0v) is 18.8. The highest BCUT2D eigenvalue weighted by Crippen LogP contribution is 2.26. The minimum absolute atomic E-state index is 0.0483. The van der Waals surface area contributed by atoms with Crippen molar-refractivity contribution in [2.45, 2.75) is 18.0 Å². The molecule has 0 atom stereocenters. The molecule has 1 aromatic carbocycles. The predicted molar refractivity (Wildman–Crippen MR) is 118 cm³/mol. The predicted octanol–water partition coefficient (Wildman–Crippen LogP) is 3.15. The lowest BCUT2D eigenvalue weighted by molar-refractivity contribution is -0.153. The SMILES string of the molecule is CCS(=O)(=O)c1cc(-c2ccc(C#N)cc2)cnc1-n1nc2ccc(OCC(F)(F)F)cn2c1=O. The van der Waals surface area contributed by atoms with Crippen LogP contribution in [0.4, 0.5) is 13.2 Å². The van der Waals surface area contributed by atoms with Crippen LogP contribution in [0.15, 0.2) is 64.5 Å². The Labute approximate surface area is 196 Å². The first-order valence-corrected chi connectivity index (χ1v) is 11.7. The summed E-state index contributed by atoms with van der Waals surface area (Å²) >= 11 is 0. The van der Waals surface area contributed by atoms with E-state index in [1.54, 1.807) is 24.3 Å². The summed E-state index contributed by atoms with van der Waals surface area (Å²) in [6, 6.07) is 12.2. The van der Waals surface area contributed by atoms with Crippen LogP contribution in [0.3, 0.4) is 0 Å². The van der Waals surface area contributed by atoms with Crippen LogP contribution in [0.25, 0.3) is 22.6 Å². The van der Waals surface area contributed by atoms with Gasteiger partial charge in [0, 0.05) is 11.8 Å². The third-order valence-electron chi connectivity index (χ3n) is 4.99. The Morgan fingerprint density at radius 3 is 2.46 bits per heavy atom. The van der Waals surface area contributed by atoms with Crippen molar-refractivity contribution in [2.24, 2.45) is 0 Å². The Balaban J connectivity index is 1.83. The lowest BCUT2D eigenvalue weighted by atomic mass is 10.1. The van der Waals surface area contributed by atoms with E-state index in [0.717, 1.165) is 15.3 Å². The molecule has 0 aliphatic rings. The minimum Gasteiger partial charge on any atom is -0.483 e. The zero-order chi connectivity index (χ0) is 25.4. The number of ether oxygens (including phenoxy) is 1. The van der Waals surface area contributed by atoms with Crippen LogP contribution in [0.5, 0.6) is 5.75 Å². The number of rotatable bonds is 6. The molecular formula is C22H16F3N5O4S. The highest BCUT2D eigenvalue weighted by molar-refractivity contribution is 7.91. The summed E-state index contributed by atoms with van der Waals surface area (Å²) in [7, 11) is -3.88. The lowest BCUT2D eigenvalue weighted by Gasteiger charge is -2.10. The van der Waals surface area contributed by atoms with Crippen LogP contribution in [0.2, 0.25) is 0 Å². The van der Waals surface area contributed by atoms with Gasteiger partial charge in [-0.1, -0.05) is 19.1 Å². The molecule has 0 N–H and O–H groups in total. The number of hydrogen-bond donors (Lipinski definition) is 0. The van der Waals surface area contributed by atoms with Crippen LogP contribution >= 0.6 is 0 Å². The maximum absolute atomic E-state index is 13.0. The average Bonchev–Trinajstić information content (AvgIpc) is 3.17. The maximum atomic E-state index is 13.0. The molecule has 9 nitrogen and oxygen atoms in total. The Morgan fingerprint density at radius 1 is 1.11 bits per heavy atom. The van der Waals surface area contributed by atoms with Gasteiger partial charge in [-0.2, -0.15) is 23.1 Å². The van der Waals surface area contributed by atoms with Gasteiger partial charge in [-0.25, -0.2) is 22.6 Å². The number of pyridine rings is 2. The van der Waals surface area contributed by atoms with Crippen LogP contribution in [0.1, 0.15) is 12.5 Å². The second-order valence-corrected chi connectivity index (χ2v) is 9.58. The van der Waals surface area contributed by atoms with Crippen LogP contribution < -0.4 is 10.4 Å². The molecule has 4 aromatic rings. The molecule has 3 heterocycles. The largest absolute Gasteiger partial charge is 0.483 e. The number of nitrogens with zero attached hydrogens (tertiary/aromatic N) is 5. The van der Waals surface area contributed by atoms with Crippen LogP contribution in [0, 0.1) is 11.3 Å². The molecule has 35 heavy (non-hydrogen) atoms. The van der Waals surface area contributed by atoms with Gasteiger partial charge >= 0.3 is 11.9 Å². The molecule has 0 unspecified atom stereocenters. The van der Waals surface area contributed by atoms with E-state index in [0.29, 0.717) is 16.7 Å². The van der Waals surface area contributed by atoms with Gasteiger partial charge < -0.3 is 4.74 Å². The Bertz CT molecular complexity index is 1620. The molecular weight excluding hydrogens is 487 g/mol. The summed E-state index contributed by atoms with van der Waals surface area (Å²) in [6.07, 6.45) is -2.17. The molecule has 4 rings (SSSR count). The first-order chi connectivity index (χ1) is 16.5. The van der Waals surface area contributed by atoms with E-state index in [2.05, 4.69) is 14.8 Å². The van der Waals surface area contributed by atoms with Gasteiger partial charge in [0.15, 0.2) is 27.9 Å². The second kappa shape index (κ2) is 8.88. The summed E-state index contributed by atoms with van der Waals surface area (Å²) in [5.41, 5.74) is 0.666. The third kappa shape index (κ3) is 4.87. The molecule has 0 aliphatic carbocycles. The van der Waals surface area contributed by atoms with E-state index in [-0.39, 0.29) is 27.9 Å². The number of sulfone groups is 1. The molecule has 0 fully saturated rings. The Kier molecular flexibility index (Phi) is 6.08. The molecule has 0 saturated heterocycles. The van der Waals surface area contributed by atoms with E-state index >= 15 is 0 Å². The fourth-order valence-corrected chi connectivity index (χ4v) is 4.25. The van der Waals surface area contributed by atoms with Crippen molar-refractivity contribution < 1.29 is 26.3 Å². The van der Waals surface area contributed by atoms with Gasteiger partial charge in [0.1, 0.15) is 10.6 Å². The number of nitriles is 1. The van der Waals surface area contributed by atoms with E-state index in [1.807, 2.05) is 6.07 Å². The number of benzene rings is 1. The normalized spacial score (nSPS) is 12.0. The standard InChI is InChI=1S/C22H16F3N5O4S/c1-2-35(32,33)18-9-16(15-5-3-14(10-26)4-6-15)11-27-20(18)30-21(31)29-12-17(7-8-19(29)28-30)34-13-22(23,24)25/h3-9,11-12H,2,13H2,1H3. The van der Waals surface area contributed by atoms with E-state index in [4.69, 9.17) is 5.26 Å². The maximum Gasteiger partial charge on any atom is 0.422 e. The fourth-order valence-electron chi connectivity index (χ4n) is 3.22. The number of fused-ring (bicyclic) bond motifs is 1. The molecule has 0 radical (unpaired) electrons. The van der Waals surface area contributed by atoms with Crippen molar-refractivity contribution in [3.63, 3.8) is 0 Å². The van der Waals surface area contributed by atoms with Crippen molar-refractivity contribution in [1.82, 2.24) is 19.2 Å². The fraction of sp³-hybridized carbons (Fsp3) is 0.182. The summed E-state index contributed by atoms with van der Waals surface area (Å²) in [5.74, 6) is -0.756. The van der Waals surface area contributed by atoms with Crippen molar-refractivity contribution in [1.29, 1.82) is 5.26 Å². The van der Waals surface area contributed by atoms with Gasteiger partial charge in [0.2, 0.25) is 0 Å². The zero-order valence-electron chi connectivity index (χ0n) is 18.0.